The van der Waals surface area contributed by atoms with Crippen molar-refractivity contribution in [1.29, 1.82) is 0 Å². The monoisotopic (exact) mass is 374 g/mol. The van der Waals surface area contributed by atoms with Crippen LogP contribution >= 0.6 is 0 Å². The second-order valence-electron chi connectivity index (χ2n) is 8.38. The predicted octanol–water partition coefficient (Wildman–Crippen LogP) is 3.46. The lowest BCUT2D eigenvalue weighted by Crippen LogP contribution is -2.49. The average molecular weight is 374 g/mol. The summed E-state index contributed by atoms with van der Waals surface area (Å²) in [5.41, 5.74) is 5.17. The number of alkyl halides is 1. The molecule has 2 rings (SSSR count). The molecule has 0 spiro atoms. The molecule has 2 unspecified atom stereocenters. The van der Waals surface area contributed by atoms with Crippen molar-refractivity contribution in [2.45, 2.75) is 70.9 Å². The van der Waals surface area contributed by atoms with E-state index in [2.05, 4.69) is 0 Å². The molecular weight excluding hydrogens is 344 g/mol. The summed E-state index contributed by atoms with van der Waals surface area (Å²) >= 11 is 0. The Bertz CT molecular complexity index is 735. The maximum atomic E-state index is 13.9. The standard InChI is InChI=1S/C21H30BFNO3/c1-14(15-9-11-21(6,23)12-10-15)26-18-13-16(7-8-17(18)24)22-27-20(4,5)19(2,3)25/h7-11,13-14,25H,12,24H2,1-6H3. The number of halogens is 1. The van der Waals surface area contributed by atoms with Gasteiger partial charge in [0.05, 0.1) is 16.9 Å². The molecule has 1 radical (unpaired) electrons. The lowest BCUT2D eigenvalue weighted by atomic mass is 9.82. The number of aliphatic hydroxyl groups is 1. The molecule has 0 fully saturated rings. The van der Waals surface area contributed by atoms with Gasteiger partial charge in [-0.05, 0) is 70.8 Å². The van der Waals surface area contributed by atoms with Crippen LogP contribution in [0.4, 0.5) is 10.1 Å². The normalized spacial score (nSPS) is 21.6. The van der Waals surface area contributed by atoms with E-state index in [0.29, 0.717) is 17.9 Å². The number of allylic oxidation sites excluding steroid dienone is 2. The van der Waals surface area contributed by atoms with Crippen molar-refractivity contribution in [3.8, 4) is 5.75 Å². The van der Waals surface area contributed by atoms with E-state index in [9.17, 15) is 9.50 Å². The Labute approximate surface area is 162 Å². The van der Waals surface area contributed by atoms with E-state index < -0.39 is 16.9 Å². The lowest BCUT2D eigenvalue weighted by Gasteiger charge is -2.37. The molecule has 0 aliphatic heterocycles. The van der Waals surface area contributed by atoms with Gasteiger partial charge in [-0.3, -0.25) is 0 Å². The highest BCUT2D eigenvalue weighted by Crippen LogP contribution is 2.29. The van der Waals surface area contributed by atoms with Crippen LogP contribution in [-0.4, -0.2) is 35.6 Å². The molecule has 3 N–H and O–H groups in total. The van der Waals surface area contributed by atoms with Gasteiger partial charge in [0.25, 0.3) is 0 Å². The first-order valence-electron chi connectivity index (χ1n) is 9.18. The van der Waals surface area contributed by atoms with Crippen LogP contribution in [0.15, 0.2) is 42.0 Å². The number of hydrogen-bond donors (Lipinski definition) is 2. The third-order valence-electron chi connectivity index (χ3n) is 5.13. The minimum atomic E-state index is -1.30. The van der Waals surface area contributed by atoms with Crippen LogP contribution in [0.2, 0.25) is 0 Å². The van der Waals surface area contributed by atoms with Crippen molar-refractivity contribution in [3.05, 3.63) is 42.0 Å². The number of ether oxygens (including phenoxy) is 1. The van der Waals surface area contributed by atoms with Crippen LogP contribution in [0.1, 0.15) is 48.0 Å². The van der Waals surface area contributed by atoms with Crippen molar-refractivity contribution < 1.29 is 18.9 Å². The molecule has 27 heavy (non-hydrogen) atoms. The van der Waals surface area contributed by atoms with E-state index in [1.54, 1.807) is 52.5 Å². The molecule has 0 bridgehead atoms. The minimum Gasteiger partial charge on any atom is -0.484 e. The Morgan fingerprint density at radius 1 is 1.30 bits per heavy atom. The molecule has 1 aromatic carbocycles. The second kappa shape index (κ2) is 7.68. The van der Waals surface area contributed by atoms with Crippen molar-refractivity contribution in [2.24, 2.45) is 0 Å². The number of nitrogen functional groups attached to an aromatic ring is 1. The second-order valence-corrected chi connectivity index (χ2v) is 8.38. The van der Waals surface area contributed by atoms with Crippen LogP contribution in [0.5, 0.6) is 5.75 Å². The summed E-state index contributed by atoms with van der Waals surface area (Å²) in [6.45, 7) is 10.5. The molecule has 147 valence electrons. The Kier molecular flexibility index (Phi) is 6.12. The summed E-state index contributed by atoms with van der Waals surface area (Å²) in [7, 11) is 1.59. The van der Waals surface area contributed by atoms with Gasteiger partial charge in [0, 0.05) is 6.42 Å². The number of nitrogens with two attached hydrogens (primary N) is 1. The fourth-order valence-electron chi connectivity index (χ4n) is 2.37. The highest BCUT2D eigenvalue weighted by molar-refractivity contribution is 6.47. The summed E-state index contributed by atoms with van der Waals surface area (Å²) in [6, 6.07) is 5.36. The molecule has 6 heteroatoms. The van der Waals surface area contributed by atoms with E-state index in [-0.39, 0.29) is 6.10 Å². The summed E-state index contributed by atoms with van der Waals surface area (Å²) in [5, 5.41) is 10.2. The molecule has 0 saturated carbocycles. The molecule has 1 aliphatic rings. The third kappa shape index (κ3) is 5.60. The highest BCUT2D eigenvalue weighted by Gasteiger charge is 2.35. The van der Waals surface area contributed by atoms with E-state index in [0.717, 1.165) is 11.0 Å². The van der Waals surface area contributed by atoms with Crippen molar-refractivity contribution in [3.63, 3.8) is 0 Å². The Hall–Kier alpha value is -1.79. The highest BCUT2D eigenvalue weighted by atomic mass is 19.1. The Balaban J connectivity index is 2.07. The van der Waals surface area contributed by atoms with E-state index in [4.69, 9.17) is 15.1 Å². The maximum Gasteiger partial charge on any atom is 0.331 e. The fraction of sp³-hybridized carbons (Fsp3) is 0.524. The van der Waals surface area contributed by atoms with Crippen LogP contribution in [0.25, 0.3) is 0 Å². The van der Waals surface area contributed by atoms with E-state index in [1.165, 1.54) is 0 Å². The molecule has 0 aromatic heterocycles. The number of benzene rings is 1. The van der Waals surface area contributed by atoms with Crippen molar-refractivity contribution >= 4 is 18.6 Å². The molecule has 4 nitrogen and oxygen atoms in total. The van der Waals surface area contributed by atoms with Gasteiger partial charge in [0.15, 0.2) is 0 Å². The topological polar surface area (TPSA) is 64.7 Å². The zero-order valence-corrected chi connectivity index (χ0v) is 17.0. The van der Waals surface area contributed by atoms with Gasteiger partial charge in [0.1, 0.15) is 17.5 Å². The van der Waals surface area contributed by atoms with Crippen LogP contribution in [0, 0.1) is 0 Å². The zero-order chi connectivity index (χ0) is 20.5. The van der Waals surface area contributed by atoms with Gasteiger partial charge in [-0.1, -0.05) is 18.2 Å². The Morgan fingerprint density at radius 3 is 2.52 bits per heavy atom. The van der Waals surface area contributed by atoms with Crippen molar-refractivity contribution in [1.82, 2.24) is 0 Å². The number of rotatable bonds is 7. The van der Waals surface area contributed by atoms with Crippen molar-refractivity contribution in [2.75, 3.05) is 5.73 Å². The Morgan fingerprint density at radius 2 is 1.96 bits per heavy atom. The maximum absolute atomic E-state index is 13.9. The summed E-state index contributed by atoms with van der Waals surface area (Å²) in [5.74, 6) is 0.531. The predicted molar refractivity (Wildman–Crippen MR) is 109 cm³/mol. The van der Waals surface area contributed by atoms with Crippen LogP contribution in [0.3, 0.4) is 0 Å². The van der Waals surface area contributed by atoms with Gasteiger partial charge < -0.3 is 20.2 Å². The average Bonchev–Trinajstić information content (AvgIpc) is 2.54. The lowest BCUT2D eigenvalue weighted by molar-refractivity contribution is -0.0893. The summed E-state index contributed by atoms with van der Waals surface area (Å²) < 4.78 is 25.7. The largest absolute Gasteiger partial charge is 0.484 e. The molecular formula is C21H30BFNO3. The molecule has 1 aromatic rings. The smallest absolute Gasteiger partial charge is 0.331 e. The van der Waals surface area contributed by atoms with E-state index >= 15 is 0 Å². The van der Waals surface area contributed by atoms with Crippen LogP contribution < -0.4 is 15.9 Å². The summed E-state index contributed by atoms with van der Waals surface area (Å²) in [4.78, 5) is 0. The fourth-order valence-corrected chi connectivity index (χ4v) is 2.37. The molecule has 1 aliphatic carbocycles. The first-order chi connectivity index (χ1) is 12.3. The minimum absolute atomic E-state index is 0.261. The quantitative estimate of drug-likeness (QED) is 0.567. The van der Waals surface area contributed by atoms with E-state index in [1.807, 2.05) is 32.9 Å². The molecule has 0 heterocycles. The van der Waals surface area contributed by atoms with Gasteiger partial charge in [-0.15, -0.1) is 0 Å². The molecule has 0 saturated heterocycles. The first kappa shape index (κ1) is 21.5. The summed E-state index contributed by atoms with van der Waals surface area (Å²) in [6.07, 6.45) is 5.24. The van der Waals surface area contributed by atoms with Crippen LogP contribution in [-0.2, 0) is 4.65 Å². The third-order valence-corrected chi connectivity index (χ3v) is 5.13. The number of anilines is 1. The zero-order valence-electron chi connectivity index (χ0n) is 17.0. The first-order valence-corrected chi connectivity index (χ1v) is 9.18. The van der Waals surface area contributed by atoms with Gasteiger partial charge in [0.2, 0.25) is 0 Å². The van der Waals surface area contributed by atoms with Gasteiger partial charge in [-0.25, -0.2) is 4.39 Å². The number of hydrogen-bond acceptors (Lipinski definition) is 4. The molecule has 2 atom stereocenters. The van der Waals surface area contributed by atoms with Gasteiger partial charge in [-0.2, -0.15) is 0 Å². The van der Waals surface area contributed by atoms with Gasteiger partial charge >= 0.3 is 7.48 Å². The SMILES string of the molecule is CC(Oc1cc([B]OC(C)(C)C(C)(C)O)ccc1N)C1=CCC(C)(F)C=C1. The molecule has 0 amide bonds.